The van der Waals surface area contributed by atoms with Gasteiger partial charge in [-0.2, -0.15) is 0 Å². The van der Waals surface area contributed by atoms with Gasteiger partial charge in [-0.1, -0.05) is 5.21 Å². The molecule has 1 unspecified atom stereocenters. The monoisotopic (exact) mass is 297 g/mol. The van der Waals surface area contributed by atoms with E-state index in [0.717, 1.165) is 15.9 Å². The third-order valence-corrected chi connectivity index (χ3v) is 3.01. The van der Waals surface area contributed by atoms with Gasteiger partial charge in [-0.25, -0.2) is 4.68 Å². The quantitative estimate of drug-likeness (QED) is 0.942. The zero-order chi connectivity index (χ0) is 12.4. The highest BCUT2D eigenvalue weighted by Crippen LogP contribution is 2.25. The molecular weight excluding hydrogens is 286 g/mol. The van der Waals surface area contributed by atoms with E-state index in [-0.39, 0.29) is 0 Å². The minimum absolute atomic E-state index is 0.528. The van der Waals surface area contributed by atoms with E-state index in [4.69, 9.17) is 4.74 Å². The Hall–Kier alpha value is -1.40. The molecule has 6 heteroatoms. The van der Waals surface area contributed by atoms with E-state index in [1.165, 1.54) is 0 Å². The number of nitrogens with zero attached hydrogens (tertiary/aromatic N) is 3. The number of benzene rings is 1. The number of aromatic nitrogens is 3. The summed E-state index contributed by atoms with van der Waals surface area (Å²) in [5.74, 6) is 0.734. The minimum Gasteiger partial charge on any atom is -0.497 e. The molecule has 2 aromatic rings. The topological polar surface area (TPSA) is 60.2 Å². The normalized spacial score (nSPS) is 12.5. The molecule has 1 atom stereocenters. The largest absolute Gasteiger partial charge is 0.497 e. The summed E-state index contributed by atoms with van der Waals surface area (Å²) in [5.41, 5.74) is 1.34. The fourth-order valence-electron chi connectivity index (χ4n) is 1.38. The van der Waals surface area contributed by atoms with Gasteiger partial charge in [0.2, 0.25) is 0 Å². The molecule has 0 fully saturated rings. The number of aliphatic hydroxyl groups is 1. The van der Waals surface area contributed by atoms with Crippen molar-refractivity contribution in [3.05, 3.63) is 34.6 Å². The van der Waals surface area contributed by atoms with Crippen molar-refractivity contribution in [3.63, 3.8) is 0 Å². The first-order valence-corrected chi connectivity index (χ1v) is 5.85. The number of hydrogen-bond donors (Lipinski definition) is 1. The predicted octanol–water partition coefficient (Wildman–Crippen LogP) is 2.09. The lowest BCUT2D eigenvalue weighted by atomic mass is 10.3. The summed E-state index contributed by atoms with van der Waals surface area (Å²) in [6.45, 7) is 1.65. The summed E-state index contributed by atoms with van der Waals surface area (Å²) >= 11 is 3.44. The Morgan fingerprint density at radius 2 is 2.24 bits per heavy atom. The average molecular weight is 298 g/mol. The average Bonchev–Trinajstić information content (AvgIpc) is 2.79. The van der Waals surface area contributed by atoms with E-state index in [2.05, 4.69) is 26.2 Å². The van der Waals surface area contributed by atoms with Crippen molar-refractivity contribution < 1.29 is 9.84 Å². The van der Waals surface area contributed by atoms with E-state index in [0.29, 0.717) is 5.69 Å². The number of methoxy groups -OCH3 is 1. The predicted molar refractivity (Wildman–Crippen MR) is 66.2 cm³/mol. The van der Waals surface area contributed by atoms with Crippen molar-refractivity contribution in [2.24, 2.45) is 0 Å². The van der Waals surface area contributed by atoms with Crippen LogP contribution in [0.5, 0.6) is 5.75 Å². The lowest BCUT2D eigenvalue weighted by Crippen LogP contribution is -1.97. The molecule has 1 aromatic heterocycles. The molecule has 0 radical (unpaired) electrons. The maximum absolute atomic E-state index is 9.40. The van der Waals surface area contributed by atoms with Gasteiger partial charge >= 0.3 is 0 Å². The van der Waals surface area contributed by atoms with Gasteiger partial charge in [0.05, 0.1) is 25.1 Å². The van der Waals surface area contributed by atoms with Crippen LogP contribution in [0.2, 0.25) is 0 Å². The number of halogens is 1. The Morgan fingerprint density at radius 1 is 1.47 bits per heavy atom. The molecule has 0 spiro atoms. The van der Waals surface area contributed by atoms with Gasteiger partial charge in [0.1, 0.15) is 11.4 Å². The highest BCUT2D eigenvalue weighted by molar-refractivity contribution is 9.10. The van der Waals surface area contributed by atoms with Crippen LogP contribution in [-0.4, -0.2) is 27.2 Å². The summed E-state index contributed by atoms with van der Waals surface area (Å²) < 4.78 is 7.62. The molecule has 0 aliphatic carbocycles. The van der Waals surface area contributed by atoms with Gasteiger partial charge in [-0.3, -0.25) is 0 Å². The standard InChI is InChI=1S/C11H12BrN3O2/c1-7(16)10-6-15(14-13-10)11-5-8(17-2)3-4-9(11)12/h3-7,16H,1-2H3. The highest BCUT2D eigenvalue weighted by Gasteiger charge is 2.10. The first-order valence-electron chi connectivity index (χ1n) is 5.06. The molecule has 90 valence electrons. The Bertz CT molecular complexity index is 525. The molecule has 1 N–H and O–H groups in total. The van der Waals surface area contributed by atoms with Crippen molar-refractivity contribution in [1.82, 2.24) is 15.0 Å². The van der Waals surface area contributed by atoms with Gasteiger partial charge in [0, 0.05) is 10.5 Å². The Morgan fingerprint density at radius 3 is 2.82 bits per heavy atom. The smallest absolute Gasteiger partial charge is 0.121 e. The van der Waals surface area contributed by atoms with E-state index in [9.17, 15) is 5.11 Å². The third-order valence-electron chi connectivity index (χ3n) is 2.34. The Kier molecular flexibility index (Phi) is 3.44. The van der Waals surface area contributed by atoms with Crippen molar-refractivity contribution in [1.29, 1.82) is 0 Å². The molecule has 2 rings (SSSR count). The van der Waals surface area contributed by atoms with Crippen LogP contribution in [0.15, 0.2) is 28.9 Å². The fraction of sp³-hybridized carbons (Fsp3) is 0.273. The second-order valence-electron chi connectivity index (χ2n) is 3.58. The van der Waals surface area contributed by atoms with Crippen molar-refractivity contribution in [3.8, 4) is 11.4 Å². The second kappa shape index (κ2) is 4.85. The van der Waals surface area contributed by atoms with Crippen LogP contribution in [0.3, 0.4) is 0 Å². The van der Waals surface area contributed by atoms with Crippen LogP contribution in [0.1, 0.15) is 18.7 Å². The SMILES string of the molecule is COc1ccc(Br)c(-n2cc(C(C)O)nn2)c1. The van der Waals surface area contributed by atoms with Crippen LogP contribution in [0, 0.1) is 0 Å². The zero-order valence-electron chi connectivity index (χ0n) is 9.46. The van der Waals surface area contributed by atoms with Gasteiger partial charge in [-0.15, -0.1) is 5.10 Å². The second-order valence-corrected chi connectivity index (χ2v) is 4.44. The van der Waals surface area contributed by atoms with E-state index >= 15 is 0 Å². The number of rotatable bonds is 3. The zero-order valence-corrected chi connectivity index (χ0v) is 11.0. The molecule has 0 aliphatic heterocycles. The van der Waals surface area contributed by atoms with E-state index in [1.54, 1.807) is 24.9 Å². The molecule has 0 bridgehead atoms. The highest BCUT2D eigenvalue weighted by atomic mass is 79.9. The molecular formula is C11H12BrN3O2. The molecule has 0 amide bonds. The summed E-state index contributed by atoms with van der Waals surface area (Å²) in [5, 5.41) is 17.3. The van der Waals surface area contributed by atoms with E-state index < -0.39 is 6.10 Å². The van der Waals surface area contributed by atoms with E-state index in [1.807, 2.05) is 18.2 Å². The van der Waals surface area contributed by atoms with Crippen molar-refractivity contribution in [2.45, 2.75) is 13.0 Å². The fourth-order valence-corrected chi connectivity index (χ4v) is 1.81. The van der Waals surface area contributed by atoms with Gasteiger partial charge in [-0.05, 0) is 35.0 Å². The summed E-state index contributed by atoms with van der Waals surface area (Å²) in [6, 6.07) is 5.56. The maximum atomic E-state index is 9.40. The number of aliphatic hydroxyl groups excluding tert-OH is 1. The molecule has 0 aliphatic rings. The Balaban J connectivity index is 2.44. The third kappa shape index (κ3) is 2.48. The van der Waals surface area contributed by atoms with Gasteiger partial charge in [0.25, 0.3) is 0 Å². The molecule has 5 nitrogen and oxygen atoms in total. The van der Waals surface area contributed by atoms with Crippen LogP contribution in [-0.2, 0) is 0 Å². The summed E-state index contributed by atoms with van der Waals surface area (Å²) in [7, 11) is 1.61. The van der Waals surface area contributed by atoms with Gasteiger partial charge < -0.3 is 9.84 Å². The summed E-state index contributed by atoms with van der Waals surface area (Å²) in [4.78, 5) is 0. The van der Waals surface area contributed by atoms with Crippen LogP contribution >= 0.6 is 15.9 Å². The minimum atomic E-state index is -0.631. The van der Waals surface area contributed by atoms with Crippen molar-refractivity contribution in [2.75, 3.05) is 7.11 Å². The number of hydrogen-bond acceptors (Lipinski definition) is 4. The molecule has 1 aromatic carbocycles. The molecule has 0 saturated heterocycles. The Labute approximate surface area is 107 Å². The molecule has 17 heavy (non-hydrogen) atoms. The van der Waals surface area contributed by atoms with Crippen LogP contribution < -0.4 is 4.74 Å². The summed E-state index contributed by atoms with van der Waals surface area (Å²) in [6.07, 6.45) is 1.05. The lowest BCUT2D eigenvalue weighted by molar-refractivity contribution is 0.194. The molecule has 1 heterocycles. The van der Waals surface area contributed by atoms with Crippen LogP contribution in [0.25, 0.3) is 5.69 Å². The van der Waals surface area contributed by atoms with Gasteiger partial charge in [0.15, 0.2) is 0 Å². The van der Waals surface area contributed by atoms with Crippen molar-refractivity contribution >= 4 is 15.9 Å². The number of ether oxygens (including phenoxy) is 1. The first kappa shape index (κ1) is 12.1. The first-order chi connectivity index (χ1) is 8.11. The van der Waals surface area contributed by atoms with Crippen LogP contribution in [0.4, 0.5) is 0 Å². The maximum Gasteiger partial charge on any atom is 0.121 e. The molecule has 0 saturated carbocycles. The lowest BCUT2D eigenvalue weighted by Gasteiger charge is -2.06.